The number of hydrogen-bond donors (Lipinski definition) is 0. The van der Waals surface area contributed by atoms with Crippen LogP contribution < -0.4 is 0 Å². The lowest BCUT2D eigenvalue weighted by atomic mass is 10.2. The van der Waals surface area contributed by atoms with Crippen LogP contribution in [0.1, 0.15) is 27.7 Å². The smallest absolute Gasteiger partial charge is 0.158 e. The quantitative estimate of drug-likeness (QED) is 0.737. The Morgan fingerprint density at radius 1 is 0.773 bits per heavy atom. The van der Waals surface area contributed by atoms with Crippen LogP contribution in [0.4, 0.5) is 0 Å². The third kappa shape index (κ3) is 3.75. The molecule has 0 amide bonds. The molecule has 3 rings (SSSR count). The van der Waals surface area contributed by atoms with Gasteiger partial charge in [-0.3, -0.25) is 0 Å². The van der Waals surface area contributed by atoms with Gasteiger partial charge < -0.3 is 0 Å². The molecule has 4 nitrogen and oxygen atoms in total. The third-order valence-corrected chi connectivity index (χ3v) is 6.22. The largest absolute Gasteiger partial charge is 0.228 e. The summed E-state index contributed by atoms with van der Waals surface area (Å²) in [6.07, 6.45) is 0. The standard InChI is InChI=1S/C16H16O4S2/c17-21(18)9-13-3-1-4-14(7-13)10-22(19,20)12-16-6-2-5-15(8-16)11-21/h1-8H,9-12H2/i1D,3D,4D,7D. The van der Waals surface area contributed by atoms with E-state index in [1.54, 1.807) is 18.2 Å². The van der Waals surface area contributed by atoms with Gasteiger partial charge in [-0.25, -0.2) is 16.8 Å². The first-order valence-electron chi connectivity index (χ1n) is 8.56. The summed E-state index contributed by atoms with van der Waals surface area (Å²) in [4.78, 5) is 0. The fraction of sp³-hybridized carbons (Fsp3) is 0.250. The fourth-order valence-corrected chi connectivity index (χ4v) is 5.18. The molecule has 4 bridgehead atoms. The van der Waals surface area contributed by atoms with E-state index in [9.17, 15) is 16.8 Å². The topological polar surface area (TPSA) is 68.3 Å². The van der Waals surface area contributed by atoms with E-state index in [4.69, 9.17) is 5.48 Å². The molecule has 22 heavy (non-hydrogen) atoms. The molecule has 0 saturated heterocycles. The maximum atomic E-state index is 12.5. The first-order valence-corrected chi connectivity index (χ1v) is 10.2. The Balaban J connectivity index is 2.29. The van der Waals surface area contributed by atoms with Crippen LogP contribution in [0.2, 0.25) is 0 Å². The molecule has 6 heteroatoms. The first-order chi connectivity index (χ1) is 12.0. The fourth-order valence-electron chi connectivity index (χ4n) is 2.43. The average Bonchev–Trinajstić information content (AvgIpc) is 2.52. The van der Waals surface area contributed by atoms with Gasteiger partial charge in [0.05, 0.1) is 28.5 Å². The molecule has 0 atom stereocenters. The molecule has 0 aliphatic carbocycles. The number of rotatable bonds is 0. The maximum Gasteiger partial charge on any atom is 0.158 e. The van der Waals surface area contributed by atoms with Gasteiger partial charge in [0.2, 0.25) is 0 Å². The van der Waals surface area contributed by atoms with Gasteiger partial charge in [0.1, 0.15) is 0 Å². The maximum absolute atomic E-state index is 12.5. The van der Waals surface area contributed by atoms with Gasteiger partial charge in [0.25, 0.3) is 0 Å². The van der Waals surface area contributed by atoms with Crippen molar-refractivity contribution < 1.29 is 22.3 Å². The normalized spacial score (nSPS) is 22.2. The molecule has 0 saturated carbocycles. The van der Waals surface area contributed by atoms with Crippen LogP contribution in [-0.4, -0.2) is 16.8 Å². The molecule has 116 valence electrons. The molecule has 0 radical (unpaired) electrons. The van der Waals surface area contributed by atoms with E-state index < -0.39 is 55.3 Å². The monoisotopic (exact) mass is 340 g/mol. The van der Waals surface area contributed by atoms with E-state index in [2.05, 4.69) is 0 Å². The molecule has 2 aromatic carbocycles. The van der Waals surface area contributed by atoms with E-state index in [1.165, 1.54) is 6.07 Å². The molecular formula is C16H16O4S2. The second-order valence-corrected chi connectivity index (χ2v) is 9.47. The lowest BCUT2D eigenvalue weighted by molar-refractivity contribution is 0.594. The summed E-state index contributed by atoms with van der Waals surface area (Å²) in [7, 11) is -7.49. The second kappa shape index (κ2) is 5.52. The predicted octanol–water partition coefficient (Wildman–Crippen LogP) is 2.23. The van der Waals surface area contributed by atoms with Gasteiger partial charge in [0.15, 0.2) is 19.7 Å². The van der Waals surface area contributed by atoms with Gasteiger partial charge in [0, 0.05) is 0 Å². The van der Waals surface area contributed by atoms with E-state index in [-0.39, 0.29) is 22.6 Å². The van der Waals surface area contributed by atoms with E-state index in [1.807, 2.05) is 0 Å². The van der Waals surface area contributed by atoms with Crippen LogP contribution in [0.25, 0.3) is 0 Å². The molecule has 0 aromatic heterocycles. The van der Waals surface area contributed by atoms with Crippen molar-refractivity contribution in [1.29, 1.82) is 0 Å². The Morgan fingerprint density at radius 2 is 1.23 bits per heavy atom. The molecule has 0 fully saturated rings. The summed E-state index contributed by atoms with van der Waals surface area (Å²) in [5.41, 5.74) is 0.403. The minimum absolute atomic E-state index is 0.229. The first kappa shape index (κ1) is 11.0. The van der Waals surface area contributed by atoms with Crippen molar-refractivity contribution in [2.24, 2.45) is 0 Å². The summed E-state index contributed by atoms with van der Waals surface area (Å²) < 4.78 is 82.0. The number of benzene rings is 2. The summed E-state index contributed by atoms with van der Waals surface area (Å²) in [6, 6.07) is 4.22. The van der Waals surface area contributed by atoms with Crippen molar-refractivity contribution in [1.82, 2.24) is 0 Å². The number of sulfone groups is 2. The Bertz CT molecular complexity index is 1030. The molecule has 1 aliphatic heterocycles. The van der Waals surface area contributed by atoms with Crippen LogP contribution in [0.15, 0.2) is 48.4 Å². The van der Waals surface area contributed by atoms with Crippen LogP contribution in [-0.2, 0) is 42.7 Å². The van der Waals surface area contributed by atoms with Crippen LogP contribution >= 0.6 is 0 Å². The van der Waals surface area contributed by atoms with E-state index in [0.29, 0.717) is 11.1 Å². The highest BCUT2D eigenvalue weighted by atomic mass is 32.2. The zero-order valence-electron chi connectivity index (χ0n) is 15.6. The Kier molecular flexibility index (Phi) is 2.75. The molecule has 1 heterocycles. The van der Waals surface area contributed by atoms with Crippen molar-refractivity contribution in [3.05, 3.63) is 70.7 Å². The van der Waals surface area contributed by atoms with E-state index >= 15 is 0 Å². The van der Waals surface area contributed by atoms with Gasteiger partial charge >= 0.3 is 0 Å². The number of fused-ring (bicyclic) bond motifs is 4. The lowest BCUT2D eigenvalue weighted by Crippen LogP contribution is -2.12. The number of hydrogen-bond acceptors (Lipinski definition) is 4. The Hall–Kier alpha value is -1.66. The summed E-state index contributed by atoms with van der Waals surface area (Å²) >= 11 is 0. The highest BCUT2D eigenvalue weighted by Crippen LogP contribution is 2.20. The van der Waals surface area contributed by atoms with Gasteiger partial charge in [-0.15, -0.1) is 0 Å². The Morgan fingerprint density at radius 3 is 1.73 bits per heavy atom. The van der Waals surface area contributed by atoms with Crippen LogP contribution in [0.3, 0.4) is 0 Å². The van der Waals surface area contributed by atoms with Gasteiger partial charge in [-0.2, -0.15) is 0 Å². The SMILES string of the molecule is [2H]c1c([2H])c2c([2H])c(c1[2H])CS(=O)(=O)Cc1cccc(c1)CS(=O)(=O)C2. The van der Waals surface area contributed by atoms with Crippen molar-refractivity contribution in [3.63, 3.8) is 0 Å². The molecule has 0 unspecified atom stereocenters. The minimum Gasteiger partial charge on any atom is -0.228 e. The molecule has 0 N–H and O–H groups in total. The van der Waals surface area contributed by atoms with Gasteiger partial charge in [-0.1, -0.05) is 48.4 Å². The Labute approximate surface area is 136 Å². The van der Waals surface area contributed by atoms with Crippen molar-refractivity contribution in [2.45, 2.75) is 23.0 Å². The van der Waals surface area contributed by atoms with E-state index in [0.717, 1.165) is 0 Å². The molecule has 0 spiro atoms. The minimum atomic E-state index is -3.74. The molecular weight excluding hydrogens is 320 g/mol. The highest BCUT2D eigenvalue weighted by Gasteiger charge is 2.18. The highest BCUT2D eigenvalue weighted by molar-refractivity contribution is 7.90. The molecule has 1 aliphatic rings. The van der Waals surface area contributed by atoms with Crippen LogP contribution in [0.5, 0.6) is 0 Å². The van der Waals surface area contributed by atoms with Crippen molar-refractivity contribution in [2.75, 3.05) is 0 Å². The average molecular weight is 340 g/mol. The predicted molar refractivity (Wildman–Crippen MR) is 85.5 cm³/mol. The van der Waals surface area contributed by atoms with Crippen molar-refractivity contribution in [3.8, 4) is 0 Å². The zero-order chi connectivity index (χ0) is 19.3. The molecule has 2 aromatic rings. The summed E-state index contributed by atoms with van der Waals surface area (Å²) in [5, 5.41) is 0. The summed E-state index contributed by atoms with van der Waals surface area (Å²) in [6.45, 7) is 0. The third-order valence-electron chi connectivity index (χ3n) is 3.22. The van der Waals surface area contributed by atoms with Crippen molar-refractivity contribution >= 4 is 19.7 Å². The summed E-state index contributed by atoms with van der Waals surface area (Å²) in [5.74, 6) is -2.00. The van der Waals surface area contributed by atoms with Gasteiger partial charge in [-0.05, 0) is 22.3 Å². The zero-order valence-corrected chi connectivity index (χ0v) is 13.2. The second-order valence-electron chi connectivity index (χ2n) is 5.34. The van der Waals surface area contributed by atoms with Crippen LogP contribution in [0, 0.1) is 0 Å². The lowest BCUT2D eigenvalue weighted by Gasteiger charge is -2.11.